The van der Waals surface area contributed by atoms with Crippen molar-refractivity contribution in [3.63, 3.8) is 0 Å². The van der Waals surface area contributed by atoms with Crippen LogP contribution in [0.3, 0.4) is 0 Å². The minimum Gasteiger partial charge on any atom is -0.495 e. The second-order valence-electron chi connectivity index (χ2n) is 2.20. The highest BCUT2D eigenvalue weighted by molar-refractivity contribution is 14.1. The molecule has 1 aromatic carbocycles. The molecule has 0 aromatic heterocycles. The summed E-state index contributed by atoms with van der Waals surface area (Å²) >= 11 is 8.04. The number of benzene rings is 1. The molecule has 1 rings (SSSR count). The fourth-order valence-corrected chi connectivity index (χ4v) is 1.96. The molecule has 0 fully saturated rings. The normalized spacial score (nSPS) is 10.0. The minimum atomic E-state index is -0.0612. The van der Waals surface area contributed by atoms with Gasteiger partial charge in [0, 0.05) is 9.13 Å². The molecule has 1 N–H and O–H groups in total. The number of aliphatic hydroxyl groups is 1. The predicted molar refractivity (Wildman–Crippen MR) is 56.6 cm³/mol. The van der Waals surface area contributed by atoms with Crippen molar-refractivity contribution in [2.75, 3.05) is 7.11 Å². The predicted octanol–water partition coefficient (Wildman–Crippen LogP) is 2.45. The van der Waals surface area contributed by atoms with Crippen LogP contribution in [0.2, 0.25) is 5.02 Å². The number of hydrogen-bond acceptors (Lipinski definition) is 2. The smallest absolute Gasteiger partial charge is 0.137 e. The number of halogens is 2. The van der Waals surface area contributed by atoms with E-state index in [0.717, 1.165) is 9.13 Å². The fraction of sp³-hybridized carbons (Fsp3) is 0.250. The maximum absolute atomic E-state index is 8.97. The highest BCUT2D eigenvalue weighted by Crippen LogP contribution is 2.31. The van der Waals surface area contributed by atoms with Crippen LogP contribution in [0.4, 0.5) is 0 Å². The molecule has 66 valence electrons. The van der Waals surface area contributed by atoms with Crippen molar-refractivity contribution < 1.29 is 9.84 Å². The van der Waals surface area contributed by atoms with E-state index in [0.29, 0.717) is 10.8 Å². The van der Waals surface area contributed by atoms with Crippen LogP contribution in [0.15, 0.2) is 12.1 Å². The first-order valence-electron chi connectivity index (χ1n) is 3.32. The van der Waals surface area contributed by atoms with Crippen LogP contribution in [-0.4, -0.2) is 12.2 Å². The lowest BCUT2D eigenvalue weighted by Crippen LogP contribution is -1.93. The Kier molecular flexibility index (Phi) is 3.61. The van der Waals surface area contributed by atoms with Crippen LogP contribution in [0.25, 0.3) is 0 Å². The van der Waals surface area contributed by atoms with Crippen molar-refractivity contribution in [3.05, 3.63) is 26.3 Å². The van der Waals surface area contributed by atoms with Crippen LogP contribution in [0.5, 0.6) is 5.75 Å². The van der Waals surface area contributed by atoms with Gasteiger partial charge in [0.15, 0.2) is 0 Å². The van der Waals surface area contributed by atoms with Gasteiger partial charge in [-0.15, -0.1) is 0 Å². The molecule has 0 bridgehead atoms. The van der Waals surface area contributed by atoms with Crippen molar-refractivity contribution >= 4 is 34.2 Å². The number of aliphatic hydroxyl groups excluding tert-OH is 1. The number of ether oxygens (including phenoxy) is 1. The third-order valence-corrected chi connectivity index (χ3v) is 2.95. The van der Waals surface area contributed by atoms with Crippen molar-refractivity contribution in [2.45, 2.75) is 6.61 Å². The summed E-state index contributed by atoms with van der Waals surface area (Å²) in [7, 11) is 1.55. The Morgan fingerprint density at radius 1 is 1.58 bits per heavy atom. The van der Waals surface area contributed by atoms with Crippen molar-refractivity contribution in [3.8, 4) is 5.75 Å². The van der Waals surface area contributed by atoms with Gasteiger partial charge < -0.3 is 9.84 Å². The van der Waals surface area contributed by atoms with Crippen LogP contribution >= 0.6 is 34.2 Å². The first-order chi connectivity index (χ1) is 5.70. The highest BCUT2D eigenvalue weighted by atomic mass is 127. The third-order valence-electron chi connectivity index (χ3n) is 1.53. The first-order valence-corrected chi connectivity index (χ1v) is 4.78. The Balaban J connectivity index is 3.24. The molecule has 0 heterocycles. The summed E-state index contributed by atoms with van der Waals surface area (Å²) in [5.41, 5.74) is 0.719. The molecule has 2 nitrogen and oxygen atoms in total. The molecule has 0 aliphatic carbocycles. The quantitative estimate of drug-likeness (QED) is 0.850. The van der Waals surface area contributed by atoms with Gasteiger partial charge in [-0.2, -0.15) is 0 Å². The second kappa shape index (κ2) is 4.30. The van der Waals surface area contributed by atoms with Gasteiger partial charge in [-0.25, -0.2) is 0 Å². The minimum absolute atomic E-state index is 0.0612. The standard InChI is InChI=1S/C8H8ClIO2/c1-12-7-3-2-6(10)5(4-11)8(7)9/h2-3,11H,4H2,1H3. The van der Waals surface area contributed by atoms with Gasteiger partial charge in [-0.3, -0.25) is 0 Å². The average molecular weight is 299 g/mol. The van der Waals surface area contributed by atoms with E-state index in [-0.39, 0.29) is 6.61 Å². The zero-order valence-corrected chi connectivity index (χ0v) is 9.39. The van der Waals surface area contributed by atoms with Gasteiger partial charge in [0.2, 0.25) is 0 Å². The molecule has 0 atom stereocenters. The Labute approximate surface area is 89.6 Å². The molecule has 4 heteroatoms. The maximum Gasteiger partial charge on any atom is 0.137 e. The molecular formula is C8H8ClIO2. The van der Waals surface area contributed by atoms with Crippen molar-refractivity contribution in [1.29, 1.82) is 0 Å². The van der Waals surface area contributed by atoms with E-state index in [1.807, 2.05) is 6.07 Å². The number of rotatable bonds is 2. The lowest BCUT2D eigenvalue weighted by molar-refractivity contribution is 0.280. The van der Waals surface area contributed by atoms with Gasteiger partial charge >= 0.3 is 0 Å². The third kappa shape index (κ3) is 1.84. The summed E-state index contributed by atoms with van der Waals surface area (Å²) < 4.78 is 5.94. The van der Waals surface area contributed by atoms with E-state index in [4.69, 9.17) is 21.4 Å². The van der Waals surface area contributed by atoms with E-state index in [1.54, 1.807) is 13.2 Å². The van der Waals surface area contributed by atoms with E-state index in [1.165, 1.54) is 0 Å². The molecule has 1 aromatic rings. The van der Waals surface area contributed by atoms with Crippen LogP contribution in [0, 0.1) is 3.57 Å². The monoisotopic (exact) mass is 298 g/mol. The summed E-state index contributed by atoms with van der Waals surface area (Å²) in [6.07, 6.45) is 0. The Morgan fingerprint density at radius 2 is 2.25 bits per heavy atom. The SMILES string of the molecule is COc1ccc(I)c(CO)c1Cl. The molecule has 12 heavy (non-hydrogen) atoms. The highest BCUT2D eigenvalue weighted by Gasteiger charge is 2.08. The Morgan fingerprint density at radius 3 is 2.75 bits per heavy atom. The molecule has 0 aliphatic heterocycles. The molecule has 0 saturated heterocycles. The van der Waals surface area contributed by atoms with E-state index in [2.05, 4.69) is 22.6 Å². The second-order valence-corrected chi connectivity index (χ2v) is 3.74. The summed E-state index contributed by atoms with van der Waals surface area (Å²) in [5, 5.41) is 9.47. The van der Waals surface area contributed by atoms with Gasteiger partial charge in [0.05, 0.1) is 18.7 Å². The van der Waals surface area contributed by atoms with Gasteiger partial charge in [-0.05, 0) is 34.7 Å². The van der Waals surface area contributed by atoms with E-state index in [9.17, 15) is 0 Å². The summed E-state index contributed by atoms with van der Waals surface area (Å²) in [5.74, 6) is 0.598. The molecule has 0 spiro atoms. The summed E-state index contributed by atoms with van der Waals surface area (Å²) in [6, 6.07) is 3.64. The fourth-order valence-electron chi connectivity index (χ4n) is 0.879. The Hall–Kier alpha value is -0.000000000000000167. The maximum atomic E-state index is 8.97. The van der Waals surface area contributed by atoms with Crippen LogP contribution < -0.4 is 4.74 Å². The van der Waals surface area contributed by atoms with Gasteiger partial charge in [-0.1, -0.05) is 11.6 Å². The first kappa shape index (κ1) is 10.1. The lowest BCUT2D eigenvalue weighted by atomic mass is 10.2. The molecule has 0 amide bonds. The molecule has 0 saturated carbocycles. The zero-order chi connectivity index (χ0) is 9.14. The van der Waals surface area contributed by atoms with Crippen LogP contribution in [0.1, 0.15) is 5.56 Å². The molecule has 0 unspecified atom stereocenters. The van der Waals surface area contributed by atoms with Crippen LogP contribution in [-0.2, 0) is 6.61 Å². The van der Waals surface area contributed by atoms with Crippen molar-refractivity contribution in [2.24, 2.45) is 0 Å². The molecule has 0 aliphatic rings. The number of hydrogen-bond donors (Lipinski definition) is 1. The largest absolute Gasteiger partial charge is 0.495 e. The van der Waals surface area contributed by atoms with E-state index >= 15 is 0 Å². The molecule has 0 radical (unpaired) electrons. The summed E-state index contributed by atoms with van der Waals surface area (Å²) in [4.78, 5) is 0. The topological polar surface area (TPSA) is 29.5 Å². The average Bonchev–Trinajstić information content (AvgIpc) is 2.06. The van der Waals surface area contributed by atoms with E-state index < -0.39 is 0 Å². The van der Waals surface area contributed by atoms with Crippen molar-refractivity contribution in [1.82, 2.24) is 0 Å². The summed E-state index contributed by atoms with van der Waals surface area (Å²) in [6.45, 7) is -0.0612. The van der Waals surface area contributed by atoms with Gasteiger partial charge in [0.25, 0.3) is 0 Å². The zero-order valence-electron chi connectivity index (χ0n) is 6.47. The molecular weight excluding hydrogens is 290 g/mol. The lowest BCUT2D eigenvalue weighted by Gasteiger charge is -2.08. The van der Waals surface area contributed by atoms with Gasteiger partial charge in [0.1, 0.15) is 5.75 Å². The Bertz CT molecular complexity index is 289. The number of methoxy groups -OCH3 is 1.